The number of hydrogen-bond donors (Lipinski definition) is 0. The number of fused-ring (bicyclic) bond motifs is 1. The van der Waals surface area contributed by atoms with E-state index in [1.807, 2.05) is 7.05 Å². The van der Waals surface area contributed by atoms with Crippen LogP contribution in [0.25, 0.3) is 0 Å². The van der Waals surface area contributed by atoms with Gasteiger partial charge in [0.25, 0.3) is 6.08 Å². The zero-order valence-electron chi connectivity index (χ0n) is 7.89. The van der Waals surface area contributed by atoms with Gasteiger partial charge in [0.15, 0.2) is 0 Å². The van der Waals surface area contributed by atoms with E-state index in [2.05, 4.69) is 4.90 Å². The SMILES string of the molecule is CN1CCC2CCC(=C(F)F)CC21. The highest BCUT2D eigenvalue weighted by Crippen LogP contribution is 2.39. The van der Waals surface area contributed by atoms with Crippen molar-refractivity contribution < 1.29 is 8.78 Å². The van der Waals surface area contributed by atoms with Crippen LogP contribution in [0.1, 0.15) is 25.7 Å². The van der Waals surface area contributed by atoms with Crippen molar-refractivity contribution in [1.29, 1.82) is 0 Å². The third kappa shape index (κ3) is 1.62. The van der Waals surface area contributed by atoms with E-state index in [1.54, 1.807) is 0 Å². The van der Waals surface area contributed by atoms with E-state index in [1.165, 1.54) is 6.42 Å². The van der Waals surface area contributed by atoms with Crippen molar-refractivity contribution in [3.05, 3.63) is 11.7 Å². The first-order valence-electron chi connectivity index (χ1n) is 4.91. The van der Waals surface area contributed by atoms with Crippen molar-refractivity contribution in [3.8, 4) is 0 Å². The Morgan fingerprint density at radius 1 is 1.38 bits per heavy atom. The fourth-order valence-corrected chi connectivity index (χ4v) is 2.63. The molecule has 0 N–H and O–H groups in total. The average Bonchev–Trinajstić information content (AvgIpc) is 2.47. The van der Waals surface area contributed by atoms with Gasteiger partial charge in [0.1, 0.15) is 0 Å². The van der Waals surface area contributed by atoms with Crippen LogP contribution in [0.3, 0.4) is 0 Å². The summed E-state index contributed by atoms with van der Waals surface area (Å²) < 4.78 is 24.7. The molecule has 0 aromatic heterocycles. The van der Waals surface area contributed by atoms with E-state index in [9.17, 15) is 8.78 Å². The Morgan fingerprint density at radius 3 is 2.85 bits per heavy atom. The van der Waals surface area contributed by atoms with Crippen LogP contribution in [0.4, 0.5) is 8.78 Å². The molecule has 0 radical (unpaired) electrons. The Kier molecular flexibility index (Phi) is 2.37. The van der Waals surface area contributed by atoms with Crippen LogP contribution in [-0.2, 0) is 0 Å². The summed E-state index contributed by atoms with van der Waals surface area (Å²) in [4.78, 5) is 2.23. The summed E-state index contributed by atoms with van der Waals surface area (Å²) >= 11 is 0. The van der Waals surface area contributed by atoms with Crippen LogP contribution < -0.4 is 0 Å². The third-order valence-corrected chi connectivity index (χ3v) is 3.50. The zero-order valence-corrected chi connectivity index (χ0v) is 7.89. The summed E-state index contributed by atoms with van der Waals surface area (Å²) in [5.74, 6) is 0.674. The van der Waals surface area contributed by atoms with Gasteiger partial charge >= 0.3 is 0 Å². The van der Waals surface area contributed by atoms with Crippen LogP contribution in [0.2, 0.25) is 0 Å². The van der Waals surface area contributed by atoms with Gasteiger partial charge in [-0.1, -0.05) is 0 Å². The normalized spacial score (nSPS) is 34.8. The lowest BCUT2D eigenvalue weighted by atomic mass is 9.82. The van der Waals surface area contributed by atoms with Gasteiger partial charge in [-0.2, -0.15) is 8.78 Å². The minimum Gasteiger partial charge on any atom is -0.303 e. The van der Waals surface area contributed by atoms with E-state index in [0.29, 0.717) is 30.4 Å². The van der Waals surface area contributed by atoms with Gasteiger partial charge in [-0.25, -0.2) is 0 Å². The standard InChI is InChI=1S/C10H15F2N/c1-13-5-4-7-2-3-8(10(11)12)6-9(7)13/h7,9H,2-6H2,1H3. The summed E-state index contributed by atoms with van der Waals surface area (Å²) in [5, 5.41) is 0. The van der Waals surface area contributed by atoms with Crippen LogP contribution in [0, 0.1) is 5.92 Å². The Labute approximate surface area is 77.4 Å². The Morgan fingerprint density at radius 2 is 2.15 bits per heavy atom. The molecule has 1 saturated carbocycles. The van der Waals surface area contributed by atoms with Gasteiger partial charge in [-0.05, 0) is 50.8 Å². The lowest BCUT2D eigenvalue weighted by Crippen LogP contribution is -2.32. The molecule has 2 aliphatic rings. The molecule has 0 aromatic rings. The minimum absolute atomic E-state index is 0.394. The molecule has 0 bridgehead atoms. The molecule has 0 amide bonds. The Bertz CT molecular complexity index is 233. The van der Waals surface area contributed by atoms with Gasteiger partial charge in [0.05, 0.1) is 0 Å². The molecule has 1 saturated heterocycles. The number of hydrogen-bond acceptors (Lipinski definition) is 1. The van der Waals surface area contributed by atoms with E-state index in [-0.39, 0.29) is 0 Å². The van der Waals surface area contributed by atoms with Gasteiger partial charge in [-0.3, -0.25) is 0 Å². The topological polar surface area (TPSA) is 3.24 Å². The number of nitrogens with zero attached hydrogens (tertiary/aromatic N) is 1. The molecular weight excluding hydrogens is 172 g/mol. The fourth-order valence-electron chi connectivity index (χ4n) is 2.63. The maximum Gasteiger partial charge on any atom is 0.269 e. The smallest absolute Gasteiger partial charge is 0.269 e. The largest absolute Gasteiger partial charge is 0.303 e. The molecule has 2 unspecified atom stereocenters. The van der Waals surface area contributed by atoms with Crippen LogP contribution in [-0.4, -0.2) is 24.5 Å². The molecular formula is C10H15F2N. The number of rotatable bonds is 0. The molecule has 1 aliphatic heterocycles. The molecule has 13 heavy (non-hydrogen) atoms. The van der Waals surface area contributed by atoms with Crippen molar-refractivity contribution in [1.82, 2.24) is 4.90 Å². The molecule has 3 heteroatoms. The van der Waals surface area contributed by atoms with E-state index >= 15 is 0 Å². The monoisotopic (exact) mass is 187 g/mol. The lowest BCUT2D eigenvalue weighted by Gasteiger charge is -2.30. The number of halogens is 2. The van der Waals surface area contributed by atoms with Crippen molar-refractivity contribution in [2.45, 2.75) is 31.7 Å². The van der Waals surface area contributed by atoms with Crippen molar-refractivity contribution >= 4 is 0 Å². The molecule has 2 atom stereocenters. The predicted octanol–water partition coefficient (Wildman–Crippen LogP) is 2.64. The molecule has 1 heterocycles. The van der Waals surface area contributed by atoms with Crippen molar-refractivity contribution in [2.75, 3.05) is 13.6 Å². The zero-order chi connectivity index (χ0) is 9.42. The second kappa shape index (κ2) is 3.37. The predicted molar refractivity (Wildman–Crippen MR) is 47.6 cm³/mol. The van der Waals surface area contributed by atoms with E-state index < -0.39 is 6.08 Å². The van der Waals surface area contributed by atoms with Gasteiger partial charge in [-0.15, -0.1) is 0 Å². The van der Waals surface area contributed by atoms with E-state index in [0.717, 1.165) is 13.0 Å². The second-order valence-electron chi connectivity index (χ2n) is 4.20. The highest BCUT2D eigenvalue weighted by molar-refractivity contribution is 5.11. The summed E-state index contributed by atoms with van der Waals surface area (Å²) in [5.41, 5.74) is 0.398. The molecule has 2 rings (SSSR count). The molecule has 0 aromatic carbocycles. The van der Waals surface area contributed by atoms with Crippen molar-refractivity contribution in [3.63, 3.8) is 0 Å². The first kappa shape index (κ1) is 9.13. The van der Waals surface area contributed by atoms with Gasteiger partial charge in [0, 0.05) is 6.04 Å². The Balaban J connectivity index is 2.10. The number of likely N-dealkylation sites (tertiary alicyclic amines) is 1. The first-order valence-corrected chi connectivity index (χ1v) is 4.91. The third-order valence-electron chi connectivity index (χ3n) is 3.50. The summed E-state index contributed by atoms with van der Waals surface area (Å²) in [6.07, 6.45) is 1.95. The summed E-state index contributed by atoms with van der Waals surface area (Å²) in [6, 6.07) is 0.394. The maximum absolute atomic E-state index is 12.4. The maximum atomic E-state index is 12.4. The van der Waals surface area contributed by atoms with Gasteiger partial charge in [0.2, 0.25) is 0 Å². The molecule has 2 fully saturated rings. The van der Waals surface area contributed by atoms with Crippen LogP contribution in [0.5, 0.6) is 0 Å². The quantitative estimate of drug-likeness (QED) is 0.563. The highest BCUT2D eigenvalue weighted by Gasteiger charge is 2.36. The summed E-state index contributed by atoms with van der Waals surface area (Å²) in [6.45, 7) is 1.08. The minimum atomic E-state index is -1.43. The average molecular weight is 187 g/mol. The van der Waals surface area contributed by atoms with Crippen molar-refractivity contribution in [2.24, 2.45) is 5.92 Å². The Hall–Kier alpha value is -0.440. The molecule has 1 nitrogen and oxygen atoms in total. The molecule has 1 aliphatic carbocycles. The molecule has 74 valence electrons. The highest BCUT2D eigenvalue weighted by atomic mass is 19.3. The van der Waals surface area contributed by atoms with E-state index in [4.69, 9.17) is 0 Å². The first-order chi connectivity index (χ1) is 6.18. The fraction of sp³-hybridized carbons (Fsp3) is 0.800. The lowest BCUT2D eigenvalue weighted by molar-refractivity contribution is 0.234. The second-order valence-corrected chi connectivity index (χ2v) is 4.20. The summed E-state index contributed by atoms with van der Waals surface area (Å²) in [7, 11) is 2.05. The molecule has 0 spiro atoms. The van der Waals surface area contributed by atoms with Gasteiger partial charge < -0.3 is 4.90 Å². The van der Waals surface area contributed by atoms with Crippen LogP contribution >= 0.6 is 0 Å². The van der Waals surface area contributed by atoms with Crippen LogP contribution in [0.15, 0.2) is 11.7 Å².